The second-order valence-corrected chi connectivity index (χ2v) is 8.42. The zero-order chi connectivity index (χ0) is 24.0. The number of halogens is 3. The molecule has 9 nitrogen and oxygen atoms in total. The van der Waals surface area contributed by atoms with Gasteiger partial charge >= 0.3 is 12.3 Å². The highest BCUT2D eigenvalue weighted by Crippen LogP contribution is 2.38. The van der Waals surface area contributed by atoms with Crippen LogP contribution in [0, 0.1) is 12.8 Å². The number of carbonyl (C=O) groups excluding carboxylic acids is 2. The van der Waals surface area contributed by atoms with E-state index in [1.54, 1.807) is 18.5 Å². The normalized spacial score (nSPS) is 19.2. The number of aromatic amines is 1. The summed E-state index contributed by atoms with van der Waals surface area (Å²) < 4.78 is 42.1. The molecule has 1 aliphatic carbocycles. The minimum atomic E-state index is -4.34. The number of alkyl carbamates (subject to hydrolysis) is 1. The van der Waals surface area contributed by atoms with Gasteiger partial charge in [0.15, 0.2) is 5.82 Å². The lowest BCUT2D eigenvalue weighted by Crippen LogP contribution is -2.36. The molecule has 0 radical (unpaired) electrons. The van der Waals surface area contributed by atoms with E-state index in [2.05, 4.69) is 30.8 Å². The van der Waals surface area contributed by atoms with Crippen LogP contribution in [0.2, 0.25) is 0 Å². The third-order valence-electron chi connectivity index (χ3n) is 5.37. The lowest BCUT2D eigenvalue weighted by molar-refractivity contribution is -0.138. The number of nitrogens with one attached hydrogen (secondary N) is 3. The predicted octanol–water partition coefficient (Wildman–Crippen LogP) is 3.64. The molecule has 33 heavy (non-hydrogen) atoms. The SMILES string of the molecule is Cc1cnc(CC(=O)Nc2cc([C@H]3CCC(COC(=O)NC(C)CC(F)(F)F)C3)[nH]n2)cn1. The van der Waals surface area contributed by atoms with E-state index in [9.17, 15) is 22.8 Å². The highest BCUT2D eigenvalue weighted by Gasteiger charge is 2.31. The number of alkyl halides is 3. The molecule has 0 spiro atoms. The quantitative estimate of drug-likeness (QED) is 0.544. The van der Waals surface area contributed by atoms with Crippen molar-refractivity contribution in [3.63, 3.8) is 0 Å². The molecule has 3 atom stereocenters. The second kappa shape index (κ2) is 10.6. The molecule has 0 aromatic carbocycles. The number of hydrogen-bond donors (Lipinski definition) is 3. The average molecular weight is 468 g/mol. The summed E-state index contributed by atoms with van der Waals surface area (Å²) in [5.74, 6) is 0.412. The van der Waals surface area contributed by atoms with E-state index in [1.165, 1.54) is 6.92 Å². The highest BCUT2D eigenvalue weighted by atomic mass is 19.4. The van der Waals surface area contributed by atoms with Gasteiger partial charge < -0.3 is 15.4 Å². The molecule has 180 valence electrons. The summed E-state index contributed by atoms with van der Waals surface area (Å²) >= 11 is 0. The van der Waals surface area contributed by atoms with Crippen LogP contribution < -0.4 is 10.6 Å². The van der Waals surface area contributed by atoms with Crippen LogP contribution in [0.4, 0.5) is 23.8 Å². The first-order chi connectivity index (χ1) is 15.6. The van der Waals surface area contributed by atoms with Crippen molar-refractivity contribution in [1.29, 1.82) is 0 Å². The van der Waals surface area contributed by atoms with Gasteiger partial charge in [0.2, 0.25) is 5.91 Å². The maximum Gasteiger partial charge on any atom is 0.407 e. The van der Waals surface area contributed by atoms with Crippen LogP contribution in [0.25, 0.3) is 0 Å². The summed E-state index contributed by atoms with van der Waals surface area (Å²) in [6, 6.07) is 0.725. The molecule has 0 aliphatic heterocycles. The summed E-state index contributed by atoms with van der Waals surface area (Å²) in [5.41, 5.74) is 2.20. The van der Waals surface area contributed by atoms with Crippen LogP contribution in [-0.4, -0.2) is 51.0 Å². The molecule has 1 fully saturated rings. The zero-order valence-electron chi connectivity index (χ0n) is 18.4. The number of nitrogens with zero attached hydrogens (tertiary/aromatic N) is 3. The van der Waals surface area contributed by atoms with E-state index in [-0.39, 0.29) is 30.8 Å². The minimum absolute atomic E-state index is 0.0853. The van der Waals surface area contributed by atoms with Gasteiger partial charge in [-0.1, -0.05) is 0 Å². The van der Waals surface area contributed by atoms with Crippen molar-refractivity contribution >= 4 is 17.8 Å². The molecule has 1 aliphatic rings. The lowest BCUT2D eigenvalue weighted by Gasteiger charge is -2.17. The van der Waals surface area contributed by atoms with Crippen molar-refractivity contribution in [1.82, 2.24) is 25.5 Å². The van der Waals surface area contributed by atoms with Crippen LogP contribution >= 0.6 is 0 Å². The first kappa shape index (κ1) is 24.5. The third-order valence-corrected chi connectivity index (χ3v) is 5.37. The minimum Gasteiger partial charge on any atom is -0.449 e. The van der Waals surface area contributed by atoms with Gasteiger partial charge in [-0.25, -0.2) is 4.79 Å². The molecule has 2 aromatic heterocycles. The Bertz CT molecular complexity index is 947. The van der Waals surface area contributed by atoms with E-state index in [4.69, 9.17) is 4.74 Å². The Morgan fingerprint density at radius 1 is 1.27 bits per heavy atom. The van der Waals surface area contributed by atoms with Gasteiger partial charge in [-0.05, 0) is 39.0 Å². The molecular formula is C21H27F3N6O3. The number of H-pyrrole nitrogens is 1. The highest BCUT2D eigenvalue weighted by molar-refractivity contribution is 5.91. The summed E-state index contributed by atoms with van der Waals surface area (Å²) in [6.07, 6.45) is -0.669. The largest absolute Gasteiger partial charge is 0.449 e. The van der Waals surface area contributed by atoms with E-state index in [1.807, 2.05) is 6.92 Å². The molecule has 3 N–H and O–H groups in total. The summed E-state index contributed by atoms with van der Waals surface area (Å²) in [6.45, 7) is 3.23. The Morgan fingerprint density at radius 3 is 2.76 bits per heavy atom. The van der Waals surface area contributed by atoms with Crippen molar-refractivity contribution < 1.29 is 27.5 Å². The Kier molecular flexibility index (Phi) is 7.88. The lowest BCUT2D eigenvalue weighted by atomic mass is 10.0. The number of ether oxygens (including phenoxy) is 1. The number of rotatable bonds is 8. The zero-order valence-corrected chi connectivity index (χ0v) is 18.4. The van der Waals surface area contributed by atoms with Gasteiger partial charge in [0.25, 0.3) is 0 Å². The van der Waals surface area contributed by atoms with Crippen molar-refractivity contribution in [2.45, 2.75) is 64.1 Å². The maximum absolute atomic E-state index is 12.3. The molecule has 2 aromatic rings. The molecule has 3 rings (SSSR count). The van der Waals surface area contributed by atoms with Crippen LogP contribution in [0.1, 0.15) is 55.6 Å². The van der Waals surface area contributed by atoms with E-state index >= 15 is 0 Å². The number of hydrogen-bond acceptors (Lipinski definition) is 6. The van der Waals surface area contributed by atoms with Gasteiger partial charge in [0.1, 0.15) is 0 Å². The molecule has 2 amide bonds. The van der Waals surface area contributed by atoms with Gasteiger partial charge in [-0.3, -0.25) is 19.9 Å². The Hall–Kier alpha value is -3.18. The van der Waals surface area contributed by atoms with Crippen LogP contribution in [0.5, 0.6) is 0 Å². The smallest absolute Gasteiger partial charge is 0.407 e. The molecule has 0 saturated heterocycles. The Morgan fingerprint density at radius 2 is 2.06 bits per heavy atom. The Labute approximate surface area is 188 Å². The van der Waals surface area contributed by atoms with Crippen molar-refractivity contribution in [3.05, 3.63) is 35.5 Å². The molecule has 0 bridgehead atoms. The first-order valence-corrected chi connectivity index (χ1v) is 10.7. The molecular weight excluding hydrogens is 441 g/mol. The van der Waals surface area contributed by atoms with Crippen LogP contribution in [0.3, 0.4) is 0 Å². The monoisotopic (exact) mass is 468 g/mol. The molecule has 2 heterocycles. The number of aryl methyl sites for hydroxylation is 1. The van der Waals surface area contributed by atoms with Crippen molar-refractivity contribution in [3.8, 4) is 0 Å². The van der Waals surface area contributed by atoms with Gasteiger partial charge in [0, 0.05) is 36.1 Å². The van der Waals surface area contributed by atoms with Gasteiger partial charge in [-0.2, -0.15) is 18.3 Å². The van der Waals surface area contributed by atoms with E-state index in [0.717, 1.165) is 30.7 Å². The van der Waals surface area contributed by atoms with Crippen LogP contribution in [0.15, 0.2) is 18.5 Å². The molecule has 1 saturated carbocycles. The number of carbonyl (C=O) groups is 2. The van der Waals surface area contributed by atoms with E-state index < -0.39 is 24.7 Å². The Balaban J connectivity index is 1.41. The van der Waals surface area contributed by atoms with Gasteiger partial charge in [-0.15, -0.1) is 0 Å². The standard InChI is InChI=1S/C21H27F3N6O3/c1-12(8-21(22,23)24)27-20(32)33-11-14-3-4-15(5-14)17-7-18(30-29-17)28-19(31)6-16-10-25-13(2)9-26-16/h7,9-10,12,14-15H,3-6,8,11H2,1-2H3,(H,27,32)(H2,28,29,30,31)/t12?,14?,15-/m0/s1. The second-order valence-electron chi connectivity index (χ2n) is 8.42. The number of amides is 2. The first-order valence-electron chi connectivity index (χ1n) is 10.7. The average Bonchev–Trinajstić information content (AvgIpc) is 3.36. The maximum atomic E-state index is 12.3. The van der Waals surface area contributed by atoms with Gasteiger partial charge in [0.05, 0.1) is 30.8 Å². The number of anilines is 1. The van der Waals surface area contributed by atoms with E-state index in [0.29, 0.717) is 11.5 Å². The summed E-state index contributed by atoms with van der Waals surface area (Å²) in [7, 11) is 0. The van der Waals surface area contributed by atoms with Crippen molar-refractivity contribution in [2.75, 3.05) is 11.9 Å². The molecule has 2 unspecified atom stereocenters. The third kappa shape index (κ3) is 8.03. The predicted molar refractivity (Wildman–Crippen MR) is 112 cm³/mol. The fourth-order valence-electron chi connectivity index (χ4n) is 3.82. The van der Waals surface area contributed by atoms with Crippen molar-refractivity contribution in [2.24, 2.45) is 5.92 Å². The summed E-state index contributed by atoms with van der Waals surface area (Å²) in [4.78, 5) is 32.2. The molecule has 12 heteroatoms. The van der Waals surface area contributed by atoms with Crippen LogP contribution in [-0.2, 0) is 16.0 Å². The summed E-state index contributed by atoms with van der Waals surface area (Å²) in [5, 5.41) is 12.0. The fraction of sp³-hybridized carbons (Fsp3) is 0.571. The number of aromatic nitrogens is 4. The topological polar surface area (TPSA) is 122 Å². The fourth-order valence-corrected chi connectivity index (χ4v) is 3.82.